The lowest BCUT2D eigenvalue weighted by Crippen LogP contribution is -2.59. The molecule has 0 aromatic rings. The molecule has 0 amide bonds. The normalized spacial score (nSPS) is 24.1. The quantitative estimate of drug-likeness (QED) is 0.764. The lowest BCUT2D eigenvalue weighted by atomic mass is 9.78. The summed E-state index contributed by atoms with van der Waals surface area (Å²) >= 11 is 0. The van der Waals surface area contributed by atoms with Gasteiger partial charge in [0, 0.05) is 11.6 Å². The van der Waals surface area contributed by atoms with Crippen molar-refractivity contribution in [1.29, 1.82) is 0 Å². The molecule has 19 heavy (non-hydrogen) atoms. The predicted molar refractivity (Wildman–Crippen MR) is 83.3 cm³/mol. The Kier molecular flexibility index (Phi) is 5.47. The molecule has 1 fully saturated rings. The van der Waals surface area contributed by atoms with Crippen molar-refractivity contribution >= 4 is 0 Å². The molecule has 0 saturated carbocycles. The van der Waals surface area contributed by atoms with Gasteiger partial charge in [0.2, 0.25) is 0 Å². The van der Waals surface area contributed by atoms with Gasteiger partial charge in [-0.1, -0.05) is 31.9 Å². The molecule has 0 aromatic heterocycles. The minimum atomic E-state index is 0.215. The van der Waals surface area contributed by atoms with Crippen molar-refractivity contribution in [2.45, 2.75) is 83.2 Å². The summed E-state index contributed by atoms with van der Waals surface area (Å²) in [5, 5.41) is 0. The average Bonchev–Trinajstić information content (AvgIpc) is 2.84. The van der Waals surface area contributed by atoms with Crippen LogP contribution in [0.25, 0.3) is 0 Å². The summed E-state index contributed by atoms with van der Waals surface area (Å²) in [6.07, 6.45) is 14.1. The molecular weight excluding hydrogens is 232 g/mol. The minimum absolute atomic E-state index is 0.215. The second-order valence-electron chi connectivity index (χ2n) is 6.36. The van der Waals surface area contributed by atoms with Gasteiger partial charge in [0.05, 0.1) is 0 Å². The SMILES string of the molecule is CCC(CC)(C(N)C1=CCCCCC1)N1CCCC1. The van der Waals surface area contributed by atoms with Gasteiger partial charge in [0.1, 0.15) is 0 Å². The van der Waals surface area contributed by atoms with Crippen LogP contribution >= 0.6 is 0 Å². The van der Waals surface area contributed by atoms with Gasteiger partial charge < -0.3 is 5.73 Å². The molecule has 1 unspecified atom stereocenters. The van der Waals surface area contributed by atoms with Crippen LogP contribution in [0.4, 0.5) is 0 Å². The Morgan fingerprint density at radius 1 is 1.11 bits per heavy atom. The lowest BCUT2D eigenvalue weighted by molar-refractivity contribution is 0.0871. The van der Waals surface area contributed by atoms with Crippen LogP contribution in [0.3, 0.4) is 0 Å². The van der Waals surface area contributed by atoms with E-state index < -0.39 is 0 Å². The molecule has 1 heterocycles. The summed E-state index contributed by atoms with van der Waals surface area (Å²) in [5.41, 5.74) is 8.55. The second-order valence-corrected chi connectivity index (χ2v) is 6.36. The molecule has 2 heteroatoms. The molecule has 110 valence electrons. The highest BCUT2D eigenvalue weighted by atomic mass is 15.2. The molecule has 1 aliphatic heterocycles. The Hall–Kier alpha value is -0.340. The van der Waals surface area contributed by atoms with E-state index in [9.17, 15) is 0 Å². The van der Waals surface area contributed by atoms with Gasteiger partial charge in [-0.3, -0.25) is 4.90 Å². The van der Waals surface area contributed by atoms with Gasteiger partial charge in [0.15, 0.2) is 0 Å². The first-order valence-electron chi connectivity index (χ1n) is 8.44. The fourth-order valence-corrected chi connectivity index (χ4v) is 4.16. The van der Waals surface area contributed by atoms with Crippen LogP contribution in [0.2, 0.25) is 0 Å². The van der Waals surface area contributed by atoms with Crippen LogP contribution in [-0.2, 0) is 0 Å². The third-order valence-corrected chi connectivity index (χ3v) is 5.51. The van der Waals surface area contributed by atoms with Crippen LogP contribution in [0, 0.1) is 0 Å². The monoisotopic (exact) mass is 264 g/mol. The minimum Gasteiger partial charge on any atom is -0.323 e. The molecule has 2 aliphatic rings. The summed E-state index contributed by atoms with van der Waals surface area (Å²) in [6, 6.07) is 0.249. The Bertz CT molecular complexity index is 298. The molecule has 1 saturated heterocycles. The smallest absolute Gasteiger partial charge is 0.0441 e. The first-order valence-corrected chi connectivity index (χ1v) is 8.44. The third-order valence-electron chi connectivity index (χ3n) is 5.51. The molecule has 2 rings (SSSR count). The van der Waals surface area contributed by atoms with E-state index in [-0.39, 0.29) is 11.6 Å². The molecule has 2 N–H and O–H groups in total. The molecular formula is C17H32N2. The van der Waals surface area contributed by atoms with Crippen LogP contribution in [0.5, 0.6) is 0 Å². The molecule has 2 nitrogen and oxygen atoms in total. The Balaban J connectivity index is 2.18. The molecule has 0 radical (unpaired) electrons. The molecule has 1 atom stereocenters. The largest absolute Gasteiger partial charge is 0.323 e. The molecule has 0 bridgehead atoms. The van der Waals surface area contributed by atoms with E-state index in [2.05, 4.69) is 24.8 Å². The summed E-state index contributed by atoms with van der Waals surface area (Å²) in [6.45, 7) is 7.17. The number of hydrogen-bond acceptors (Lipinski definition) is 2. The van der Waals surface area contributed by atoms with E-state index in [4.69, 9.17) is 5.73 Å². The van der Waals surface area contributed by atoms with E-state index in [1.54, 1.807) is 5.57 Å². The maximum absolute atomic E-state index is 6.79. The van der Waals surface area contributed by atoms with Crippen LogP contribution in [-0.4, -0.2) is 29.6 Å². The number of hydrogen-bond donors (Lipinski definition) is 1. The van der Waals surface area contributed by atoms with Crippen LogP contribution < -0.4 is 5.73 Å². The lowest BCUT2D eigenvalue weighted by Gasteiger charge is -2.46. The van der Waals surface area contributed by atoms with E-state index in [1.165, 1.54) is 70.9 Å². The number of nitrogens with zero attached hydrogens (tertiary/aromatic N) is 1. The number of rotatable bonds is 5. The Morgan fingerprint density at radius 2 is 1.79 bits per heavy atom. The third kappa shape index (κ3) is 3.05. The number of allylic oxidation sites excluding steroid dienone is 1. The van der Waals surface area contributed by atoms with Gasteiger partial charge in [-0.05, 0) is 64.5 Å². The maximum atomic E-state index is 6.79. The predicted octanol–water partition coefficient (Wildman–Crippen LogP) is 3.86. The van der Waals surface area contributed by atoms with Gasteiger partial charge in [-0.15, -0.1) is 0 Å². The van der Waals surface area contributed by atoms with E-state index in [1.807, 2.05) is 0 Å². The molecule has 0 aromatic carbocycles. The average molecular weight is 264 g/mol. The van der Waals surface area contributed by atoms with Gasteiger partial charge in [0.25, 0.3) is 0 Å². The zero-order chi connectivity index (χ0) is 13.7. The van der Waals surface area contributed by atoms with Crippen molar-refractivity contribution in [3.8, 4) is 0 Å². The van der Waals surface area contributed by atoms with Crippen molar-refractivity contribution in [2.75, 3.05) is 13.1 Å². The van der Waals surface area contributed by atoms with Crippen molar-refractivity contribution in [2.24, 2.45) is 5.73 Å². The van der Waals surface area contributed by atoms with Crippen LogP contribution in [0.1, 0.15) is 71.6 Å². The second kappa shape index (κ2) is 6.90. The van der Waals surface area contributed by atoms with Crippen molar-refractivity contribution in [3.05, 3.63) is 11.6 Å². The first-order chi connectivity index (χ1) is 9.24. The van der Waals surface area contributed by atoms with E-state index >= 15 is 0 Å². The fraction of sp³-hybridized carbons (Fsp3) is 0.882. The zero-order valence-corrected chi connectivity index (χ0v) is 13.0. The number of likely N-dealkylation sites (tertiary alicyclic amines) is 1. The van der Waals surface area contributed by atoms with Crippen molar-refractivity contribution < 1.29 is 0 Å². The van der Waals surface area contributed by atoms with E-state index in [0.29, 0.717) is 0 Å². The summed E-state index contributed by atoms with van der Waals surface area (Å²) in [7, 11) is 0. The van der Waals surface area contributed by atoms with Gasteiger partial charge >= 0.3 is 0 Å². The van der Waals surface area contributed by atoms with Crippen molar-refractivity contribution in [1.82, 2.24) is 4.90 Å². The first kappa shape index (κ1) is 15.1. The topological polar surface area (TPSA) is 29.3 Å². The fourth-order valence-electron chi connectivity index (χ4n) is 4.16. The highest BCUT2D eigenvalue weighted by Gasteiger charge is 2.41. The Labute approximate surface area is 119 Å². The standard InChI is InChI=1S/C17H32N2/c1-3-17(4-2,19-13-9-10-14-19)16(18)15-11-7-5-6-8-12-15/h11,16H,3-10,12-14,18H2,1-2H3. The van der Waals surface area contributed by atoms with E-state index in [0.717, 1.165) is 0 Å². The number of nitrogens with two attached hydrogens (primary N) is 1. The maximum Gasteiger partial charge on any atom is 0.0441 e. The zero-order valence-electron chi connectivity index (χ0n) is 13.0. The van der Waals surface area contributed by atoms with Crippen LogP contribution in [0.15, 0.2) is 11.6 Å². The summed E-state index contributed by atoms with van der Waals surface area (Å²) in [4.78, 5) is 2.70. The summed E-state index contributed by atoms with van der Waals surface area (Å²) < 4.78 is 0. The Morgan fingerprint density at radius 3 is 2.42 bits per heavy atom. The molecule has 0 spiro atoms. The molecule has 1 aliphatic carbocycles. The highest BCUT2D eigenvalue weighted by Crippen LogP contribution is 2.35. The summed E-state index contributed by atoms with van der Waals surface area (Å²) in [5.74, 6) is 0. The van der Waals surface area contributed by atoms with Crippen molar-refractivity contribution in [3.63, 3.8) is 0 Å². The van der Waals surface area contributed by atoms with Gasteiger partial charge in [-0.2, -0.15) is 0 Å². The van der Waals surface area contributed by atoms with Gasteiger partial charge in [-0.25, -0.2) is 0 Å². The highest BCUT2D eigenvalue weighted by molar-refractivity contribution is 5.20.